The van der Waals surface area contributed by atoms with Crippen LogP contribution in [0.1, 0.15) is 37.7 Å². The topological polar surface area (TPSA) is 35.6 Å². The molecule has 2 saturated heterocycles. The molecule has 4 nitrogen and oxygen atoms in total. The molecule has 2 fully saturated rings. The van der Waals surface area contributed by atoms with Gasteiger partial charge in [0, 0.05) is 29.6 Å². The van der Waals surface area contributed by atoms with Gasteiger partial charge in [0.1, 0.15) is 5.82 Å². The van der Waals surface area contributed by atoms with Gasteiger partial charge in [-0.2, -0.15) is 0 Å². The van der Waals surface area contributed by atoms with Gasteiger partial charge in [-0.15, -0.1) is 0 Å². The van der Waals surface area contributed by atoms with Crippen LogP contribution in [0, 0.1) is 17.7 Å². The number of likely N-dealkylation sites (tertiary alicyclic amines) is 2. The van der Waals surface area contributed by atoms with E-state index in [2.05, 4.69) is 22.2 Å². The van der Waals surface area contributed by atoms with Gasteiger partial charge in [0.25, 0.3) is 0 Å². The summed E-state index contributed by atoms with van der Waals surface area (Å²) in [6.07, 6.45) is 5.22. The van der Waals surface area contributed by atoms with Crippen molar-refractivity contribution in [3.05, 3.63) is 34.6 Å². The van der Waals surface area contributed by atoms with E-state index in [0.717, 1.165) is 44.8 Å². The van der Waals surface area contributed by atoms with Gasteiger partial charge in [0.05, 0.1) is 0 Å². The number of hydrogen-bond acceptors (Lipinski definition) is 3. The SMILES string of the molecule is CN1CCC(CCNC(=O)C2CCN(Cc3c(F)cccc3Cl)CC2)CC1. The zero-order valence-electron chi connectivity index (χ0n) is 16.2. The molecule has 0 unspecified atom stereocenters. The lowest BCUT2D eigenvalue weighted by atomic mass is 9.93. The van der Waals surface area contributed by atoms with E-state index in [-0.39, 0.29) is 17.6 Å². The van der Waals surface area contributed by atoms with Crippen LogP contribution < -0.4 is 5.32 Å². The number of halogens is 2. The van der Waals surface area contributed by atoms with E-state index in [1.54, 1.807) is 12.1 Å². The number of piperidine rings is 2. The van der Waals surface area contributed by atoms with Crippen molar-refractivity contribution < 1.29 is 9.18 Å². The van der Waals surface area contributed by atoms with Crippen molar-refractivity contribution in [2.45, 2.75) is 38.6 Å². The lowest BCUT2D eigenvalue weighted by molar-refractivity contribution is -0.126. The zero-order chi connectivity index (χ0) is 19.2. The van der Waals surface area contributed by atoms with Crippen molar-refractivity contribution >= 4 is 17.5 Å². The number of nitrogens with zero attached hydrogens (tertiary/aromatic N) is 2. The number of hydrogen-bond donors (Lipinski definition) is 1. The molecule has 1 amide bonds. The summed E-state index contributed by atoms with van der Waals surface area (Å²) in [5.41, 5.74) is 0.556. The maximum atomic E-state index is 13.9. The van der Waals surface area contributed by atoms with Crippen LogP contribution in [0.2, 0.25) is 5.02 Å². The van der Waals surface area contributed by atoms with Gasteiger partial charge in [-0.05, 0) is 83.4 Å². The number of amides is 1. The minimum Gasteiger partial charge on any atom is -0.356 e. The molecule has 1 aromatic rings. The lowest BCUT2D eigenvalue weighted by Gasteiger charge is -2.32. The summed E-state index contributed by atoms with van der Waals surface area (Å²) in [5, 5.41) is 3.62. The second-order valence-corrected chi connectivity index (χ2v) is 8.48. The normalized spacial score (nSPS) is 20.7. The molecule has 0 saturated carbocycles. The molecule has 6 heteroatoms. The Bertz CT molecular complexity index is 606. The van der Waals surface area contributed by atoms with E-state index in [9.17, 15) is 9.18 Å². The molecule has 0 bridgehead atoms. The van der Waals surface area contributed by atoms with Gasteiger partial charge >= 0.3 is 0 Å². The van der Waals surface area contributed by atoms with Gasteiger partial charge < -0.3 is 10.2 Å². The largest absolute Gasteiger partial charge is 0.356 e. The summed E-state index contributed by atoms with van der Waals surface area (Å²) in [5.74, 6) is 0.756. The molecule has 2 aliphatic heterocycles. The summed E-state index contributed by atoms with van der Waals surface area (Å²) < 4.78 is 13.9. The summed E-state index contributed by atoms with van der Waals surface area (Å²) in [6, 6.07) is 4.81. The molecule has 2 aliphatic rings. The Kier molecular flexibility index (Phi) is 7.50. The molecule has 0 aliphatic carbocycles. The zero-order valence-corrected chi connectivity index (χ0v) is 17.0. The van der Waals surface area contributed by atoms with Crippen LogP contribution in [0.5, 0.6) is 0 Å². The Hall–Kier alpha value is -1.17. The fourth-order valence-corrected chi connectivity index (χ4v) is 4.38. The van der Waals surface area contributed by atoms with Crippen molar-refractivity contribution in [3.63, 3.8) is 0 Å². The van der Waals surface area contributed by atoms with Crippen LogP contribution in [0.3, 0.4) is 0 Å². The van der Waals surface area contributed by atoms with Gasteiger partial charge in [0.15, 0.2) is 0 Å². The predicted molar refractivity (Wildman–Crippen MR) is 107 cm³/mol. The maximum absolute atomic E-state index is 13.9. The first-order valence-electron chi connectivity index (χ1n) is 10.1. The van der Waals surface area contributed by atoms with E-state index >= 15 is 0 Å². The van der Waals surface area contributed by atoms with Crippen molar-refractivity contribution in [2.24, 2.45) is 11.8 Å². The third-order valence-corrected chi connectivity index (χ3v) is 6.45. The summed E-state index contributed by atoms with van der Waals surface area (Å²) in [4.78, 5) is 17.0. The highest BCUT2D eigenvalue weighted by Gasteiger charge is 2.26. The third-order valence-electron chi connectivity index (χ3n) is 6.09. The molecular formula is C21H31ClFN3O. The monoisotopic (exact) mass is 395 g/mol. The Morgan fingerprint density at radius 3 is 2.56 bits per heavy atom. The van der Waals surface area contributed by atoms with Crippen LogP contribution >= 0.6 is 11.6 Å². The Balaban J connectivity index is 1.36. The van der Waals surface area contributed by atoms with Crippen LogP contribution in [0.4, 0.5) is 4.39 Å². The minimum atomic E-state index is -0.253. The molecule has 27 heavy (non-hydrogen) atoms. The van der Waals surface area contributed by atoms with Gasteiger partial charge in [-0.25, -0.2) is 4.39 Å². The average Bonchev–Trinajstić information content (AvgIpc) is 2.67. The van der Waals surface area contributed by atoms with E-state index in [1.807, 2.05) is 0 Å². The highest BCUT2D eigenvalue weighted by atomic mass is 35.5. The van der Waals surface area contributed by atoms with E-state index in [0.29, 0.717) is 17.1 Å². The standard InChI is InChI=1S/C21H31ClFN3O/c1-25-11-6-16(7-12-25)5-10-24-21(27)17-8-13-26(14-9-17)15-18-19(22)3-2-4-20(18)23/h2-4,16-17H,5-15H2,1H3,(H,24,27). The summed E-state index contributed by atoms with van der Waals surface area (Å²) >= 11 is 6.12. The van der Waals surface area contributed by atoms with Crippen LogP contribution in [0.15, 0.2) is 18.2 Å². The quantitative estimate of drug-likeness (QED) is 0.800. The number of nitrogens with one attached hydrogen (secondary N) is 1. The molecule has 0 spiro atoms. The molecule has 0 aromatic heterocycles. The smallest absolute Gasteiger partial charge is 0.223 e. The van der Waals surface area contributed by atoms with Crippen LogP contribution in [-0.2, 0) is 11.3 Å². The highest BCUT2D eigenvalue weighted by Crippen LogP contribution is 2.24. The fraction of sp³-hybridized carbons (Fsp3) is 0.667. The second kappa shape index (κ2) is 9.85. The van der Waals surface area contributed by atoms with E-state index in [4.69, 9.17) is 11.6 Å². The van der Waals surface area contributed by atoms with Crippen molar-refractivity contribution in [2.75, 3.05) is 39.8 Å². The van der Waals surface area contributed by atoms with E-state index in [1.165, 1.54) is 32.0 Å². The molecule has 1 N–H and O–H groups in total. The molecule has 2 heterocycles. The van der Waals surface area contributed by atoms with Crippen LogP contribution in [-0.4, -0.2) is 55.5 Å². The van der Waals surface area contributed by atoms with Gasteiger partial charge in [-0.3, -0.25) is 9.69 Å². The number of rotatable bonds is 6. The first-order valence-corrected chi connectivity index (χ1v) is 10.5. The van der Waals surface area contributed by atoms with Crippen molar-refractivity contribution in [3.8, 4) is 0 Å². The summed E-state index contributed by atoms with van der Waals surface area (Å²) in [6.45, 7) is 5.25. The number of carbonyl (C=O) groups is 1. The predicted octanol–water partition coefficient (Wildman–Crippen LogP) is 3.54. The molecule has 0 radical (unpaired) electrons. The number of carbonyl (C=O) groups excluding carboxylic acids is 1. The molecule has 0 atom stereocenters. The summed E-state index contributed by atoms with van der Waals surface area (Å²) in [7, 11) is 2.17. The fourth-order valence-electron chi connectivity index (χ4n) is 4.15. The third kappa shape index (κ3) is 5.90. The first-order chi connectivity index (χ1) is 13.0. The minimum absolute atomic E-state index is 0.0785. The molecular weight excluding hydrogens is 365 g/mol. The molecule has 1 aromatic carbocycles. The lowest BCUT2D eigenvalue weighted by Crippen LogP contribution is -2.41. The number of benzene rings is 1. The average molecular weight is 396 g/mol. The Labute approximate surface area is 167 Å². The molecule has 150 valence electrons. The highest BCUT2D eigenvalue weighted by molar-refractivity contribution is 6.31. The van der Waals surface area contributed by atoms with Crippen molar-refractivity contribution in [1.29, 1.82) is 0 Å². The van der Waals surface area contributed by atoms with Gasteiger partial charge in [0.2, 0.25) is 5.91 Å². The maximum Gasteiger partial charge on any atom is 0.223 e. The first kappa shape index (κ1) is 20.6. The van der Waals surface area contributed by atoms with E-state index < -0.39 is 0 Å². The molecule has 3 rings (SSSR count). The van der Waals surface area contributed by atoms with Crippen molar-refractivity contribution in [1.82, 2.24) is 15.1 Å². The Morgan fingerprint density at radius 1 is 1.19 bits per heavy atom. The van der Waals surface area contributed by atoms with Gasteiger partial charge in [-0.1, -0.05) is 17.7 Å². The second-order valence-electron chi connectivity index (χ2n) is 8.08. The van der Waals surface area contributed by atoms with Crippen LogP contribution in [0.25, 0.3) is 0 Å². The Morgan fingerprint density at radius 2 is 1.89 bits per heavy atom.